The molecule has 2 heterocycles. The standard InChI is InChI=1S/C36H40ClN5O7/c1-22-18-26(37)10-13-30(22)49-21-31(43)40-28-20-25-8-11-27(12-9-25)48-17-16-38-35(47)36(14-15-36)42-34(46)29(19-24-6-4-3-5-7-24)41-32(44)23(2)39-33(28)45/h3-13,18,23,28-29H,14-17,19-21H2,1-2H3,(H,38,47)(H,39,45)(H,40,43)(H,41,44)(H,42,46)/t23-,28-,29+/m0/s1. The van der Waals surface area contributed by atoms with Crippen molar-refractivity contribution in [2.75, 3.05) is 19.8 Å². The van der Waals surface area contributed by atoms with Gasteiger partial charge in [0.25, 0.3) is 5.91 Å². The van der Waals surface area contributed by atoms with E-state index >= 15 is 0 Å². The fourth-order valence-corrected chi connectivity index (χ4v) is 5.64. The number of ether oxygens (including phenoxy) is 2. The fraction of sp³-hybridized carbons (Fsp3) is 0.361. The Morgan fingerprint density at radius 2 is 1.69 bits per heavy atom. The number of benzene rings is 3. The Morgan fingerprint density at radius 3 is 2.39 bits per heavy atom. The summed E-state index contributed by atoms with van der Waals surface area (Å²) in [4.78, 5) is 66.7. The average molecular weight is 690 g/mol. The summed E-state index contributed by atoms with van der Waals surface area (Å²) in [7, 11) is 0. The molecule has 0 aromatic heterocycles. The van der Waals surface area contributed by atoms with Crippen molar-refractivity contribution in [3.8, 4) is 11.5 Å². The van der Waals surface area contributed by atoms with Crippen LogP contribution >= 0.6 is 11.6 Å². The summed E-state index contributed by atoms with van der Waals surface area (Å²) < 4.78 is 11.5. The number of nitrogens with one attached hydrogen (secondary N) is 5. The van der Waals surface area contributed by atoms with Gasteiger partial charge in [0.15, 0.2) is 6.61 Å². The van der Waals surface area contributed by atoms with Crippen LogP contribution in [0.3, 0.4) is 0 Å². The fourth-order valence-electron chi connectivity index (χ4n) is 5.42. The molecule has 0 saturated heterocycles. The third kappa shape index (κ3) is 9.73. The first-order valence-corrected chi connectivity index (χ1v) is 16.5. The molecule has 5 N–H and O–H groups in total. The third-order valence-electron chi connectivity index (χ3n) is 8.38. The second-order valence-corrected chi connectivity index (χ2v) is 12.8. The molecule has 13 heteroatoms. The van der Waals surface area contributed by atoms with Crippen molar-refractivity contribution in [3.05, 3.63) is 94.5 Å². The van der Waals surface area contributed by atoms with Crippen molar-refractivity contribution in [2.45, 2.75) is 63.2 Å². The number of carbonyl (C=O) groups is 5. The van der Waals surface area contributed by atoms with E-state index in [-0.39, 0.29) is 38.5 Å². The molecule has 1 aliphatic carbocycles. The second-order valence-electron chi connectivity index (χ2n) is 12.3. The lowest BCUT2D eigenvalue weighted by Crippen LogP contribution is -2.59. The summed E-state index contributed by atoms with van der Waals surface area (Å²) in [5.74, 6) is -1.57. The average Bonchev–Trinajstić information content (AvgIpc) is 3.86. The SMILES string of the molecule is Cc1cc(Cl)ccc1OCC(=O)N[C@H]1Cc2ccc(cc2)OCCNC(=O)C2(CC2)NC(=O)[C@@H](Cc2ccccc2)NC(=O)[C@H](C)NC1=O. The molecule has 3 atom stereocenters. The van der Waals surface area contributed by atoms with Gasteiger partial charge >= 0.3 is 0 Å². The third-order valence-corrected chi connectivity index (χ3v) is 8.62. The molecule has 1 fully saturated rings. The van der Waals surface area contributed by atoms with E-state index in [0.29, 0.717) is 29.4 Å². The molecule has 5 amide bonds. The first kappa shape index (κ1) is 35.2. The summed E-state index contributed by atoms with van der Waals surface area (Å²) in [6.45, 7) is 3.34. The predicted molar refractivity (Wildman–Crippen MR) is 182 cm³/mol. The number of fused-ring (bicyclic) bond motifs is 15. The number of rotatable bonds is 6. The first-order valence-electron chi connectivity index (χ1n) is 16.2. The van der Waals surface area contributed by atoms with Gasteiger partial charge in [-0.15, -0.1) is 0 Å². The second kappa shape index (κ2) is 15.9. The normalized spacial score (nSPS) is 21.3. The van der Waals surface area contributed by atoms with E-state index in [4.69, 9.17) is 21.1 Å². The molecule has 6 rings (SSSR count). The lowest BCUT2D eigenvalue weighted by molar-refractivity contribution is -0.134. The topological polar surface area (TPSA) is 164 Å². The van der Waals surface area contributed by atoms with Crippen LogP contribution in [0.25, 0.3) is 0 Å². The van der Waals surface area contributed by atoms with E-state index in [9.17, 15) is 24.0 Å². The zero-order valence-electron chi connectivity index (χ0n) is 27.3. The molecule has 0 radical (unpaired) electrons. The molecule has 2 aliphatic heterocycles. The monoisotopic (exact) mass is 689 g/mol. The Hall–Kier alpha value is -5.10. The molecule has 49 heavy (non-hydrogen) atoms. The van der Waals surface area contributed by atoms with E-state index in [1.807, 2.05) is 30.3 Å². The molecule has 0 unspecified atom stereocenters. The van der Waals surface area contributed by atoms with Gasteiger partial charge < -0.3 is 36.1 Å². The molecule has 3 aromatic rings. The summed E-state index contributed by atoms with van der Waals surface area (Å²) in [5, 5.41) is 14.4. The van der Waals surface area contributed by atoms with Crippen LogP contribution in [0.4, 0.5) is 0 Å². The summed E-state index contributed by atoms with van der Waals surface area (Å²) in [6.07, 6.45) is 1.18. The van der Waals surface area contributed by atoms with Gasteiger partial charge in [-0.25, -0.2) is 0 Å². The van der Waals surface area contributed by atoms with Gasteiger partial charge in [-0.05, 0) is 73.7 Å². The van der Waals surface area contributed by atoms with Crippen LogP contribution in [-0.2, 0) is 36.8 Å². The number of amides is 5. The van der Waals surface area contributed by atoms with Crippen LogP contribution in [0, 0.1) is 6.92 Å². The largest absolute Gasteiger partial charge is 0.492 e. The molecule has 258 valence electrons. The Labute approximate surface area is 289 Å². The highest BCUT2D eigenvalue weighted by atomic mass is 35.5. The van der Waals surface area contributed by atoms with Gasteiger partial charge in [0.05, 0.1) is 6.54 Å². The van der Waals surface area contributed by atoms with Crippen molar-refractivity contribution in [1.82, 2.24) is 26.6 Å². The van der Waals surface area contributed by atoms with Gasteiger partial charge in [0.1, 0.15) is 41.8 Å². The lowest BCUT2D eigenvalue weighted by atomic mass is 10.0. The van der Waals surface area contributed by atoms with Crippen molar-refractivity contribution in [3.63, 3.8) is 0 Å². The maximum atomic E-state index is 13.6. The zero-order valence-corrected chi connectivity index (χ0v) is 28.1. The number of aryl methyl sites for hydroxylation is 1. The van der Waals surface area contributed by atoms with Gasteiger partial charge in [-0.3, -0.25) is 24.0 Å². The minimum absolute atomic E-state index is 0.101. The van der Waals surface area contributed by atoms with E-state index in [0.717, 1.165) is 16.7 Å². The molecular formula is C36H40ClN5O7. The predicted octanol–water partition coefficient (Wildman–Crippen LogP) is 2.14. The highest BCUT2D eigenvalue weighted by Crippen LogP contribution is 2.35. The maximum absolute atomic E-state index is 13.6. The van der Waals surface area contributed by atoms with Crippen LogP contribution in [0.5, 0.6) is 11.5 Å². The molecule has 1 saturated carbocycles. The number of halogens is 1. The molecular weight excluding hydrogens is 650 g/mol. The quantitative estimate of drug-likeness (QED) is 0.248. The Balaban J connectivity index is 1.34. The molecule has 1 spiro atoms. The summed E-state index contributed by atoms with van der Waals surface area (Å²) in [5.41, 5.74) is 1.19. The molecule has 3 aliphatic rings. The zero-order chi connectivity index (χ0) is 35.0. The highest BCUT2D eigenvalue weighted by molar-refractivity contribution is 6.30. The minimum Gasteiger partial charge on any atom is -0.492 e. The van der Waals surface area contributed by atoms with E-state index in [1.54, 1.807) is 49.4 Å². The van der Waals surface area contributed by atoms with Crippen LogP contribution < -0.4 is 36.1 Å². The number of hydrogen-bond donors (Lipinski definition) is 5. The first-order chi connectivity index (χ1) is 23.5. The molecule has 12 nitrogen and oxygen atoms in total. The number of carbonyl (C=O) groups excluding carboxylic acids is 5. The molecule has 3 aromatic carbocycles. The smallest absolute Gasteiger partial charge is 0.258 e. The summed E-state index contributed by atoms with van der Waals surface area (Å²) in [6, 6.07) is 18.0. The van der Waals surface area contributed by atoms with Gasteiger partial charge in [0.2, 0.25) is 23.6 Å². The Kier molecular flexibility index (Phi) is 11.4. The van der Waals surface area contributed by atoms with E-state index in [2.05, 4.69) is 26.6 Å². The van der Waals surface area contributed by atoms with Crippen LogP contribution in [0.1, 0.15) is 36.5 Å². The summed E-state index contributed by atoms with van der Waals surface area (Å²) >= 11 is 6.02. The van der Waals surface area contributed by atoms with E-state index in [1.165, 1.54) is 6.92 Å². The van der Waals surface area contributed by atoms with Gasteiger partial charge in [-0.2, -0.15) is 0 Å². The highest BCUT2D eigenvalue weighted by Gasteiger charge is 2.51. The van der Waals surface area contributed by atoms with Crippen LogP contribution in [-0.4, -0.2) is 73.0 Å². The van der Waals surface area contributed by atoms with Gasteiger partial charge in [-0.1, -0.05) is 54.1 Å². The van der Waals surface area contributed by atoms with Crippen LogP contribution in [0.2, 0.25) is 5.02 Å². The Morgan fingerprint density at radius 1 is 0.959 bits per heavy atom. The lowest BCUT2D eigenvalue weighted by Gasteiger charge is -2.25. The van der Waals surface area contributed by atoms with Crippen molar-refractivity contribution in [1.29, 1.82) is 0 Å². The Bertz CT molecular complexity index is 1680. The number of hydrogen-bond acceptors (Lipinski definition) is 7. The maximum Gasteiger partial charge on any atom is 0.258 e. The van der Waals surface area contributed by atoms with Crippen molar-refractivity contribution >= 4 is 41.1 Å². The van der Waals surface area contributed by atoms with Crippen LogP contribution in [0.15, 0.2) is 72.8 Å². The van der Waals surface area contributed by atoms with Crippen molar-refractivity contribution < 1.29 is 33.4 Å². The van der Waals surface area contributed by atoms with Gasteiger partial charge in [0, 0.05) is 17.9 Å². The van der Waals surface area contributed by atoms with Crippen molar-refractivity contribution in [2.24, 2.45) is 0 Å². The molecule has 2 bridgehead atoms. The minimum atomic E-state index is -1.08. The van der Waals surface area contributed by atoms with E-state index < -0.39 is 47.3 Å².